The molecule has 0 saturated heterocycles. The van der Waals surface area contributed by atoms with Gasteiger partial charge in [-0.1, -0.05) is 12.1 Å². The van der Waals surface area contributed by atoms with Crippen molar-refractivity contribution < 1.29 is 14.3 Å². The Balaban J connectivity index is 1.65. The molecule has 1 aromatic carbocycles. The first-order valence-corrected chi connectivity index (χ1v) is 9.97. The molecule has 4 rings (SSSR count). The normalized spacial score (nSPS) is 10.9. The van der Waals surface area contributed by atoms with Crippen molar-refractivity contribution >= 4 is 23.2 Å². The van der Waals surface area contributed by atoms with Crippen LogP contribution in [0.15, 0.2) is 48.9 Å². The molecule has 0 bridgehead atoms. The van der Waals surface area contributed by atoms with E-state index in [0.717, 1.165) is 17.0 Å². The van der Waals surface area contributed by atoms with Gasteiger partial charge in [-0.05, 0) is 39.0 Å². The predicted octanol–water partition coefficient (Wildman–Crippen LogP) is 3.35. The van der Waals surface area contributed by atoms with Gasteiger partial charge < -0.3 is 10.1 Å². The van der Waals surface area contributed by atoms with Gasteiger partial charge in [-0.3, -0.25) is 9.48 Å². The van der Waals surface area contributed by atoms with E-state index >= 15 is 0 Å². The smallest absolute Gasteiger partial charge is 0.343 e. The molecule has 3 aromatic heterocycles. The third-order valence-corrected chi connectivity index (χ3v) is 4.96. The van der Waals surface area contributed by atoms with Crippen LogP contribution >= 0.6 is 0 Å². The molecule has 0 unspecified atom stereocenters. The second-order valence-electron chi connectivity index (χ2n) is 6.84. The molecule has 0 atom stereocenters. The number of anilines is 1. The van der Waals surface area contributed by atoms with Crippen molar-refractivity contribution in [3.05, 3.63) is 65.7 Å². The second-order valence-corrected chi connectivity index (χ2v) is 6.84. The minimum absolute atomic E-state index is 0.224. The van der Waals surface area contributed by atoms with Gasteiger partial charge in [0, 0.05) is 29.7 Å². The van der Waals surface area contributed by atoms with E-state index in [0.29, 0.717) is 29.0 Å². The summed E-state index contributed by atoms with van der Waals surface area (Å²) in [7, 11) is 0. The second kappa shape index (κ2) is 8.39. The number of hydrogen-bond acceptors (Lipinski definition) is 6. The Bertz CT molecular complexity index is 1270. The van der Waals surface area contributed by atoms with Gasteiger partial charge in [0.25, 0.3) is 5.91 Å². The average Bonchev–Trinajstić information content (AvgIpc) is 3.37. The Labute approximate surface area is 178 Å². The predicted molar refractivity (Wildman–Crippen MR) is 115 cm³/mol. The number of amides is 1. The molecule has 9 nitrogen and oxygen atoms in total. The fraction of sp³-hybridized carbons (Fsp3) is 0.227. The molecule has 4 aromatic rings. The van der Waals surface area contributed by atoms with Crippen LogP contribution in [0, 0.1) is 6.92 Å². The van der Waals surface area contributed by atoms with E-state index in [1.54, 1.807) is 34.6 Å². The Kier molecular flexibility index (Phi) is 5.48. The van der Waals surface area contributed by atoms with Crippen LogP contribution in [-0.4, -0.2) is 42.9 Å². The molecule has 1 N–H and O–H groups in total. The molecular weight excluding hydrogens is 396 g/mol. The summed E-state index contributed by atoms with van der Waals surface area (Å²) < 4.78 is 8.44. The first-order valence-electron chi connectivity index (χ1n) is 9.97. The maximum Gasteiger partial charge on any atom is 0.343 e. The van der Waals surface area contributed by atoms with E-state index in [4.69, 9.17) is 4.74 Å². The number of aromatic nitrogens is 5. The molecule has 0 saturated carbocycles. The standard InChI is InChI=1S/C22H22N6O3/c1-4-27-14(3)17(12-24-27)21(29)26-16-8-6-7-15(11-16)19-9-10-23-20-18(13-25-28(19)20)22(30)31-5-2/h6-13H,4-5H2,1-3H3,(H,26,29). The lowest BCUT2D eigenvalue weighted by Crippen LogP contribution is -2.13. The fourth-order valence-electron chi connectivity index (χ4n) is 3.41. The Morgan fingerprint density at radius 3 is 2.65 bits per heavy atom. The number of carbonyl (C=O) groups excluding carboxylic acids is 2. The number of nitrogens with one attached hydrogen (secondary N) is 1. The van der Waals surface area contributed by atoms with Gasteiger partial charge in [0.2, 0.25) is 0 Å². The molecular formula is C22H22N6O3. The summed E-state index contributed by atoms with van der Waals surface area (Å²) in [5.74, 6) is -0.691. The van der Waals surface area contributed by atoms with Crippen molar-refractivity contribution in [1.82, 2.24) is 24.4 Å². The number of benzene rings is 1. The minimum Gasteiger partial charge on any atom is -0.462 e. The van der Waals surface area contributed by atoms with Crippen LogP contribution in [0.4, 0.5) is 5.69 Å². The molecule has 0 aliphatic carbocycles. The number of esters is 1. The third-order valence-electron chi connectivity index (χ3n) is 4.96. The van der Waals surface area contributed by atoms with E-state index in [1.807, 2.05) is 38.1 Å². The van der Waals surface area contributed by atoms with Gasteiger partial charge in [0.05, 0.1) is 30.3 Å². The Morgan fingerprint density at radius 2 is 1.90 bits per heavy atom. The fourth-order valence-corrected chi connectivity index (χ4v) is 3.41. The highest BCUT2D eigenvalue weighted by atomic mass is 16.5. The van der Waals surface area contributed by atoms with E-state index in [1.165, 1.54) is 6.20 Å². The lowest BCUT2D eigenvalue weighted by atomic mass is 10.1. The summed E-state index contributed by atoms with van der Waals surface area (Å²) in [6, 6.07) is 9.20. The number of nitrogens with zero attached hydrogens (tertiary/aromatic N) is 5. The number of rotatable bonds is 6. The summed E-state index contributed by atoms with van der Waals surface area (Å²) in [6.07, 6.45) is 4.64. The highest BCUT2D eigenvalue weighted by Gasteiger charge is 2.18. The van der Waals surface area contributed by atoms with Gasteiger partial charge >= 0.3 is 5.97 Å². The molecule has 0 spiro atoms. The largest absolute Gasteiger partial charge is 0.462 e. The van der Waals surface area contributed by atoms with Crippen LogP contribution < -0.4 is 5.32 Å². The van der Waals surface area contributed by atoms with Gasteiger partial charge in [-0.25, -0.2) is 14.3 Å². The van der Waals surface area contributed by atoms with Crippen LogP contribution in [-0.2, 0) is 11.3 Å². The van der Waals surface area contributed by atoms with Crippen molar-refractivity contribution in [3.63, 3.8) is 0 Å². The molecule has 9 heteroatoms. The van der Waals surface area contributed by atoms with Crippen LogP contribution in [0.2, 0.25) is 0 Å². The molecule has 31 heavy (non-hydrogen) atoms. The number of hydrogen-bond donors (Lipinski definition) is 1. The molecule has 158 valence electrons. The van der Waals surface area contributed by atoms with Crippen molar-refractivity contribution in [3.8, 4) is 11.3 Å². The van der Waals surface area contributed by atoms with Crippen LogP contribution in [0.1, 0.15) is 40.3 Å². The zero-order chi connectivity index (χ0) is 22.0. The zero-order valence-electron chi connectivity index (χ0n) is 17.5. The summed E-state index contributed by atoms with van der Waals surface area (Å²) in [4.78, 5) is 29.2. The highest BCUT2D eigenvalue weighted by molar-refractivity contribution is 6.05. The molecule has 0 radical (unpaired) electrons. The molecule has 3 heterocycles. The topological polar surface area (TPSA) is 103 Å². The Morgan fingerprint density at radius 1 is 1.10 bits per heavy atom. The Hall–Kier alpha value is -4.01. The molecule has 0 aliphatic heterocycles. The van der Waals surface area contributed by atoms with Crippen LogP contribution in [0.5, 0.6) is 0 Å². The molecule has 1 amide bonds. The number of fused-ring (bicyclic) bond motifs is 1. The minimum atomic E-state index is -0.467. The summed E-state index contributed by atoms with van der Waals surface area (Å²) in [6.45, 7) is 6.56. The van der Waals surface area contributed by atoms with Gasteiger partial charge in [0.15, 0.2) is 5.65 Å². The third kappa shape index (κ3) is 3.77. The zero-order valence-corrected chi connectivity index (χ0v) is 17.5. The quantitative estimate of drug-likeness (QED) is 0.482. The maximum absolute atomic E-state index is 12.7. The van der Waals surface area contributed by atoms with Gasteiger partial charge in [-0.15, -0.1) is 0 Å². The van der Waals surface area contributed by atoms with Crippen molar-refractivity contribution in [2.24, 2.45) is 0 Å². The van der Waals surface area contributed by atoms with Crippen molar-refractivity contribution in [1.29, 1.82) is 0 Å². The summed E-state index contributed by atoms with van der Waals surface area (Å²) >= 11 is 0. The van der Waals surface area contributed by atoms with E-state index < -0.39 is 5.97 Å². The molecule has 0 aliphatic rings. The summed E-state index contributed by atoms with van der Waals surface area (Å²) in [5.41, 5.74) is 4.23. The van der Waals surface area contributed by atoms with Crippen LogP contribution in [0.3, 0.4) is 0 Å². The first kappa shape index (κ1) is 20.3. The number of aryl methyl sites for hydroxylation is 1. The van der Waals surface area contributed by atoms with Crippen LogP contribution in [0.25, 0.3) is 16.9 Å². The first-order chi connectivity index (χ1) is 15.0. The van der Waals surface area contributed by atoms with Crippen molar-refractivity contribution in [2.45, 2.75) is 27.3 Å². The monoisotopic (exact) mass is 418 g/mol. The average molecular weight is 418 g/mol. The molecule has 0 fully saturated rings. The van der Waals surface area contributed by atoms with E-state index in [-0.39, 0.29) is 12.5 Å². The van der Waals surface area contributed by atoms with E-state index in [2.05, 4.69) is 20.5 Å². The summed E-state index contributed by atoms with van der Waals surface area (Å²) in [5, 5.41) is 11.5. The lowest BCUT2D eigenvalue weighted by molar-refractivity contribution is 0.0528. The highest BCUT2D eigenvalue weighted by Crippen LogP contribution is 2.24. The van der Waals surface area contributed by atoms with Gasteiger partial charge in [-0.2, -0.15) is 10.2 Å². The number of carbonyl (C=O) groups is 2. The SMILES string of the molecule is CCOC(=O)c1cnn2c(-c3cccc(NC(=O)c4cnn(CC)c4C)c3)ccnc12. The number of ether oxygens (including phenoxy) is 1. The van der Waals surface area contributed by atoms with Gasteiger partial charge in [0.1, 0.15) is 5.56 Å². The van der Waals surface area contributed by atoms with Crippen molar-refractivity contribution in [2.75, 3.05) is 11.9 Å². The lowest BCUT2D eigenvalue weighted by Gasteiger charge is -2.09. The maximum atomic E-state index is 12.7. The van der Waals surface area contributed by atoms with E-state index in [9.17, 15) is 9.59 Å².